The molecule has 3 atom stereocenters. The molecule has 8 nitrogen and oxygen atoms in total. The quantitative estimate of drug-likeness (QED) is 0.373. The number of hydrogen-bond acceptors (Lipinski definition) is 6. The van der Waals surface area contributed by atoms with Crippen molar-refractivity contribution in [2.75, 3.05) is 7.11 Å². The summed E-state index contributed by atoms with van der Waals surface area (Å²) >= 11 is 0. The van der Waals surface area contributed by atoms with E-state index >= 15 is 0 Å². The van der Waals surface area contributed by atoms with Crippen LogP contribution in [0.2, 0.25) is 0 Å². The van der Waals surface area contributed by atoms with Gasteiger partial charge in [0.25, 0.3) is 5.69 Å². The number of hydrazone groups is 1. The van der Waals surface area contributed by atoms with Gasteiger partial charge in [-0.3, -0.25) is 14.9 Å². The van der Waals surface area contributed by atoms with Gasteiger partial charge in [-0.1, -0.05) is 19.8 Å². The van der Waals surface area contributed by atoms with Gasteiger partial charge in [0.15, 0.2) is 11.5 Å². The van der Waals surface area contributed by atoms with Crippen molar-refractivity contribution in [1.82, 2.24) is 5.43 Å². The number of nitro groups is 1. The van der Waals surface area contributed by atoms with Crippen LogP contribution in [0.4, 0.5) is 5.69 Å². The fourth-order valence-corrected chi connectivity index (χ4v) is 4.85. The lowest BCUT2D eigenvalue weighted by molar-refractivity contribution is -0.384. The van der Waals surface area contributed by atoms with Gasteiger partial charge < -0.3 is 9.47 Å². The number of nitro benzene ring substituents is 1. The van der Waals surface area contributed by atoms with Crippen LogP contribution < -0.4 is 14.9 Å². The average Bonchev–Trinajstić information content (AvgIpc) is 3.43. The third-order valence-electron chi connectivity index (χ3n) is 6.73. The van der Waals surface area contributed by atoms with Gasteiger partial charge in [0.2, 0.25) is 5.91 Å². The standard InChI is InChI=1S/C24H27N3O5/c1-24-12-4-3-5-19(24)22(24)23(28)26-25-14-17-8-11-20(21(13-17)31-2)32-15-16-6-9-18(10-7-16)27(29)30/h6-11,13-14,19,22H,3-5,12,15H2,1-2H3,(H,26,28)/b25-14-/t19-,22-,24-/m0/s1. The molecular weight excluding hydrogens is 410 g/mol. The summed E-state index contributed by atoms with van der Waals surface area (Å²) in [7, 11) is 1.55. The van der Waals surface area contributed by atoms with E-state index in [4.69, 9.17) is 9.47 Å². The van der Waals surface area contributed by atoms with Crippen molar-refractivity contribution < 1.29 is 19.2 Å². The lowest BCUT2D eigenvalue weighted by Crippen LogP contribution is -2.22. The van der Waals surface area contributed by atoms with Crippen molar-refractivity contribution >= 4 is 17.8 Å². The number of methoxy groups -OCH3 is 1. The minimum atomic E-state index is -0.436. The summed E-state index contributed by atoms with van der Waals surface area (Å²) in [6.45, 7) is 2.46. The van der Waals surface area contributed by atoms with Crippen LogP contribution in [-0.2, 0) is 11.4 Å². The van der Waals surface area contributed by atoms with Crippen LogP contribution in [0.15, 0.2) is 47.6 Å². The minimum Gasteiger partial charge on any atom is -0.493 e. The molecule has 0 bridgehead atoms. The van der Waals surface area contributed by atoms with E-state index in [1.54, 1.807) is 37.6 Å². The molecule has 2 fully saturated rings. The first-order valence-corrected chi connectivity index (χ1v) is 10.8. The summed E-state index contributed by atoms with van der Waals surface area (Å²) in [6.07, 6.45) is 6.27. The molecule has 0 radical (unpaired) electrons. The number of hydrogen-bond donors (Lipinski definition) is 1. The molecule has 1 N–H and O–H groups in total. The van der Waals surface area contributed by atoms with Crippen molar-refractivity contribution in [2.24, 2.45) is 22.4 Å². The van der Waals surface area contributed by atoms with Crippen molar-refractivity contribution in [2.45, 2.75) is 39.2 Å². The number of fused-ring (bicyclic) bond motifs is 1. The molecule has 0 aliphatic heterocycles. The monoisotopic (exact) mass is 437 g/mol. The van der Waals surface area contributed by atoms with Crippen molar-refractivity contribution in [3.63, 3.8) is 0 Å². The third kappa shape index (κ3) is 4.44. The molecule has 2 aliphatic carbocycles. The van der Waals surface area contributed by atoms with Crippen LogP contribution in [0.3, 0.4) is 0 Å². The number of ether oxygens (including phenoxy) is 2. The molecule has 168 valence electrons. The highest BCUT2D eigenvalue weighted by Crippen LogP contribution is 2.66. The summed E-state index contributed by atoms with van der Waals surface area (Å²) in [5.41, 5.74) is 4.47. The Morgan fingerprint density at radius 2 is 2.03 bits per heavy atom. The van der Waals surface area contributed by atoms with E-state index < -0.39 is 4.92 Å². The van der Waals surface area contributed by atoms with Gasteiger partial charge in [0, 0.05) is 18.1 Å². The van der Waals surface area contributed by atoms with Crippen LogP contribution in [0.5, 0.6) is 11.5 Å². The Balaban J connectivity index is 1.33. The molecule has 0 heterocycles. The van der Waals surface area contributed by atoms with E-state index in [9.17, 15) is 14.9 Å². The summed E-state index contributed by atoms with van der Waals surface area (Å²) in [5.74, 6) is 1.65. The molecule has 32 heavy (non-hydrogen) atoms. The normalized spacial score (nSPS) is 23.9. The fourth-order valence-electron chi connectivity index (χ4n) is 4.85. The average molecular weight is 437 g/mol. The molecule has 1 amide bonds. The van der Waals surface area contributed by atoms with Crippen LogP contribution in [0.1, 0.15) is 43.7 Å². The van der Waals surface area contributed by atoms with E-state index in [0.29, 0.717) is 17.4 Å². The van der Waals surface area contributed by atoms with Gasteiger partial charge in [-0.25, -0.2) is 5.43 Å². The van der Waals surface area contributed by atoms with Gasteiger partial charge in [-0.15, -0.1) is 0 Å². The fraction of sp³-hybridized carbons (Fsp3) is 0.417. The molecule has 2 aromatic carbocycles. The van der Waals surface area contributed by atoms with Gasteiger partial charge in [0.1, 0.15) is 6.61 Å². The van der Waals surface area contributed by atoms with Crippen molar-refractivity contribution in [1.29, 1.82) is 0 Å². The largest absolute Gasteiger partial charge is 0.493 e. The summed E-state index contributed by atoms with van der Waals surface area (Å²) in [4.78, 5) is 22.8. The first-order chi connectivity index (χ1) is 15.4. The number of non-ortho nitro benzene ring substituents is 1. The smallest absolute Gasteiger partial charge is 0.269 e. The van der Waals surface area contributed by atoms with E-state index in [0.717, 1.165) is 24.0 Å². The third-order valence-corrected chi connectivity index (χ3v) is 6.73. The van der Waals surface area contributed by atoms with E-state index in [1.165, 1.54) is 25.0 Å². The van der Waals surface area contributed by atoms with Crippen LogP contribution in [-0.4, -0.2) is 24.2 Å². The van der Waals surface area contributed by atoms with Crippen LogP contribution in [0, 0.1) is 27.4 Å². The molecule has 0 spiro atoms. The Kier molecular flexibility index (Phi) is 6.12. The Hall–Kier alpha value is -3.42. The molecule has 4 rings (SSSR count). The van der Waals surface area contributed by atoms with Gasteiger partial charge >= 0.3 is 0 Å². The maximum Gasteiger partial charge on any atom is 0.269 e. The predicted molar refractivity (Wildman–Crippen MR) is 120 cm³/mol. The summed E-state index contributed by atoms with van der Waals surface area (Å²) in [5, 5.41) is 14.9. The van der Waals surface area contributed by atoms with Crippen LogP contribution in [0.25, 0.3) is 0 Å². The second-order valence-corrected chi connectivity index (χ2v) is 8.69. The Morgan fingerprint density at radius 1 is 1.25 bits per heavy atom. The second-order valence-electron chi connectivity index (χ2n) is 8.69. The van der Waals surface area contributed by atoms with Crippen LogP contribution >= 0.6 is 0 Å². The number of carbonyl (C=O) groups is 1. The van der Waals surface area contributed by atoms with Crippen molar-refractivity contribution in [3.05, 3.63) is 63.7 Å². The maximum absolute atomic E-state index is 12.5. The zero-order valence-electron chi connectivity index (χ0n) is 18.2. The number of amides is 1. The lowest BCUT2D eigenvalue weighted by atomic mass is 9.90. The topological polar surface area (TPSA) is 103 Å². The molecule has 0 unspecified atom stereocenters. The SMILES string of the molecule is COc1cc(/C=N\NC(=O)[C@@H]2[C@@H]3CCCC[C@]23C)ccc1OCc1ccc([N+](=O)[O-])cc1. The maximum atomic E-state index is 12.5. The summed E-state index contributed by atoms with van der Waals surface area (Å²) in [6, 6.07) is 11.6. The van der Waals surface area contributed by atoms with Gasteiger partial charge in [0.05, 0.1) is 18.2 Å². The van der Waals surface area contributed by atoms with E-state index in [-0.39, 0.29) is 29.5 Å². The molecule has 2 aliphatic rings. The first kappa shape index (κ1) is 21.8. The van der Waals surface area contributed by atoms with Gasteiger partial charge in [-0.05, 0) is 65.6 Å². The molecule has 2 saturated carbocycles. The molecule has 2 aromatic rings. The van der Waals surface area contributed by atoms with Crippen molar-refractivity contribution in [3.8, 4) is 11.5 Å². The number of nitrogens with one attached hydrogen (secondary N) is 1. The zero-order chi connectivity index (χ0) is 22.7. The number of rotatable bonds is 8. The molecular formula is C24H27N3O5. The zero-order valence-corrected chi connectivity index (χ0v) is 18.2. The Morgan fingerprint density at radius 3 is 2.69 bits per heavy atom. The molecule has 8 heteroatoms. The number of carbonyl (C=O) groups excluding carboxylic acids is 1. The lowest BCUT2D eigenvalue weighted by Gasteiger charge is -2.15. The first-order valence-electron chi connectivity index (χ1n) is 10.8. The Labute approximate surface area is 186 Å². The van der Waals surface area contributed by atoms with E-state index in [2.05, 4.69) is 17.5 Å². The second kappa shape index (κ2) is 8.98. The molecule has 0 saturated heterocycles. The molecule has 0 aromatic heterocycles. The highest BCUT2D eigenvalue weighted by Gasteiger charge is 2.64. The van der Waals surface area contributed by atoms with Gasteiger partial charge in [-0.2, -0.15) is 5.10 Å². The van der Waals surface area contributed by atoms with E-state index in [1.807, 2.05) is 6.07 Å². The highest BCUT2D eigenvalue weighted by atomic mass is 16.6. The summed E-state index contributed by atoms with van der Waals surface area (Å²) < 4.78 is 11.2. The number of benzene rings is 2. The Bertz CT molecular complexity index is 1040. The predicted octanol–water partition coefficient (Wildman–Crippen LogP) is 4.46. The minimum absolute atomic E-state index is 0.00525. The number of nitrogens with zero attached hydrogens (tertiary/aromatic N) is 2. The highest BCUT2D eigenvalue weighted by molar-refractivity contribution is 5.86.